The van der Waals surface area contributed by atoms with Crippen LogP contribution in [0.3, 0.4) is 0 Å². The third-order valence-corrected chi connectivity index (χ3v) is 4.11. The van der Waals surface area contributed by atoms with Crippen LogP contribution in [0, 0.1) is 14.2 Å². The number of halogens is 2. The minimum atomic E-state index is 0.474. The van der Waals surface area contributed by atoms with Crippen LogP contribution in [0.25, 0.3) is 0 Å². The molecule has 2 rings (SSSR count). The van der Waals surface area contributed by atoms with Crippen molar-refractivity contribution in [3.05, 3.63) is 42.9 Å². The molecule has 17 heavy (non-hydrogen) atoms. The van der Waals surface area contributed by atoms with Crippen LogP contribution in [0.5, 0.6) is 0 Å². The van der Waals surface area contributed by atoms with Crippen LogP contribution in [0.4, 0.5) is 5.69 Å². The number of nitrogens with one attached hydrogen (secondary N) is 1. The molecule has 3 nitrogen and oxygen atoms in total. The molecule has 1 N–H and O–H groups in total. The minimum Gasteiger partial charge on any atom is -0.378 e. The van der Waals surface area contributed by atoms with Gasteiger partial charge in [-0.15, -0.1) is 11.3 Å². The van der Waals surface area contributed by atoms with Crippen LogP contribution in [-0.4, -0.2) is 4.98 Å². The van der Waals surface area contributed by atoms with E-state index in [-0.39, 0.29) is 0 Å². The third-order valence-electron chi connectivity index (χ3n) is 2.06. The molecule has 0 atom stereocenters. The second kappa shape index (κ2) is 5.67. The molecule has 86 valence electrons. The van der Waals surface area contributed by atoms with E-state index in [4.69, 9.17) is 16.9 Å². The fraction of sp³-hybridized carbons (Fsp3) is 0.0909. The summed E-state index contributed by atoms with van der Waals surface area (Å²) in [5, 5.41) is 13.6. The predicted molar refractivity (Wildman–Crippen MR) is 78.3 cm³/mol. The first-order valence-corrected chi connectivity index (χ1v) is 7.00. The van der Waals surface area contributed by atoms with Crippen LogP contribution < -0.4 is 5.32 Å². The van der Waals surface area contributed by atoms with Gasteiger partial charge in [-0.3, -0.25) is 0 Å². The monoisotopic (exact) mass is 375 g/mol. The molecule has 0 spiro atoms. The molecule has 0 aliphatic rings. The summed E-state index contributed by atoms with van der Waals surface area (Å²) in [7, 11) is 0. The van der Waals surface area contributed by atoms with Crippen molar-refractivity contribution in [3.8, 4) is 6.07 Å². The Hall–Kier alpha value is -0.840. The van der Waals surface area contributed by atoms with Crippen LogP contribution in [0.2, 0.25) is 5.02 Å². The molecule has 0 aliphatic heterocycles. The molecule has 0 aliphatic carbocycles. The number of benzene rings is 1. The molecule has 1 aromatic heterocycles. The molecule has 0 fully saturated rings. The highest BCUT2D eigenvalue weighted by molar-refractivity contribution is 14.1. The van der Waals surface area contributed by atoms with Crippen molar-refractivity contribution < 1.29 is 0 Å². The predicted octanol–water partition coefficient (Wildman–Crippen LogP) is 3.88. The molecule has 0 bridgehead atoms. The van der Waals surface area contributed by atoms with Gasteiger partial charge in [0.2, 0.25) is 0 Å². The van der Waals surface area contributed by atoms with E-state index < -0.39 is 0 Å². The first-order valence-electron chi connectivity index (χ1n) is 4.73. The number of aromatic nitrogens is 1. The van der Waals surface area contributed by atoms with Gasteiger partial charge in [0.1, 0.15) is 11.1 Å². The van der Waals surface area contributed by atoms with Crippen molar-refractivity contribution >= 4 is 51.2 Å². The maximum absolute atomic E-state index is 8.86. The maximum Gasteiger partial charge on any atom is 0.113 e. The van der Waals surface area contributed by atoms with E-state index in [0.717, 1.165) is 13.6 Å². The van der Waals surface area contributed by atoms with Crippen molar-refractivity contribution in [1.29, 1.82) is 5.26 Å². The molecule has 0 saturated carbocycles. The van der Waals surface area contributed by atoms with Gasteiger partial charge in [-0.2, -0.15) is 5.26 Å². The lowest BCUT2D eigenvalue weighted by atomic mass is 10.2. The van der Waals surface area contributed by atoms with Crippen molar-refractivity contribution in [2.75, 3.05) is 5.32 Å². The third kappa shape index (κ3) is 3.31. The molecule has 1 aromatic carbocycles. The average molecular weight is 376 g/mol. The molecule has 1 heterocycles. The fourth-order valence-corrected chi connectivity index (χ4v) is 2.91. The lowest BCUT2D eigenvalue weighted by molar-refractivity contribution is 1.10. The highest BCUT2D eigenvalue weighted by atomic mass is 127. The number of thiazole rings is 1. The molecule has 0 unspecified atom stereocenters. The maximum atomic E-state index is 8.86. The van der Waals surface area contributed by atoms with Crippen LogP contribution in [0.15, 0.2) is 24.4 Å². The van der Waals surface area contributed by atoms with E-state index >= 15 is 0 Å². The topological polar surface area (TPSA) is 48.7 Å². The summed E-state index contributed by atoms with van der Waals surface area (Å²) >= 11 is 9.74. The molecule has 0 radical (unpaired) electrons. The average Bonchev–Trinajstić information content (AvgIpc) is 2.74. The summed E-state index contributed by atoms with van der Waals surface area (Å²) in [4.78, 5) is 4.25. The summed E-state index contributed by atoms with van der Waals surface area (Å²) in [6.07, 6.45) is 1.84. The quantitative estimate of drug-likeness (QED) is 0.828. The molecule has 0 amide bonds. The smallest absolute Gasteiger partial charge is 0.113 e. The zero-order chi connectivity index (χ0) is 12.3. The number of anilines is 1. The Bertz CT molecular complexity index is 576. The number of rotatable bonds is 3. The van der Waals surface area contributed by atoms with Gasteiger partial charge in [-0.05, 0) is 40.8 Å². The van der Waals surface area contributed by atoms with E-state index in [9.17, 15) is 0 Å². The SMILES string of the molecule is N#Cc1cc(NCc2ncc(I)s2)ccc1Cl. The summed E-state index contributed by atoms with van der Waals surface area (Å²) in [5.74, 6) is 0. The van der Waals surface area contributed by atoms with Gasteiger partial charge in [-0.25, -0.2) is 4.98 Å². The van der Waals surface area contributed by atoms with E-state index in [0.29, 0.717) is 17.1 Å². The van der Waals surface area contributed by atoms with Gasteiger partial charge in [0.15, 0.2) is 0 Å². The van der Waals surface area contributed by atoms with Gasteiger partial charge in [-0.1, -0.05) is 11.6 Å². The van der Waals surface area contributed by atoms with Crippen LogP contribution in [-0.2, 0) is 6.54 Å². The lowest BCUT2D eigenvalue weighted by Crippen LogP contribution is -1.98. The number of nitrogens with zero attached hydrogens (tertiary/aromatic N) is 2. The van der Waals surface area contributed by atoms with Crippen LogP contribution >= 0.6 is 45.5 Å². The van der Waals surface area contributed by atoms with E-state index in [2.05, 4.69) is 39.0 Å². The van der Waals surface area contributed by atoms with E-state index in [1.807, 2.05) is 12.3 Å². The highest BCUT2D eigenvalue weighted by Crippen LogP contribution is 2.21. The first-order chi connectivity index (χ1) is 8.19. The van der Waals surface area contributed by atoms with Crippen molar-refractivity contribution in [2.24, 2.45) is 0 Å². The van der Waals surface area contributed by atoms with Crippen molar-refractivity contribution in [3.63, 3.8) is 0 Å². The molecular formula is C11H7ClIN3S. The number of hydrogen-bond donors (Lipinski definition) is 1. The van der Waals surface area contributed by atoms with E-state index in [1.54, 1.807) is 23.5 Å². The molecule has 0 saturated heterocycles. The summed E-state index contributed by atoms with van der Waals surface area (Å²) in [6, 6.07) is 7.35. The van der Waals surface area contributed by atoms with Gasteiger partial charge >= 0.3 is 0 Å². The fourth-order valence-electron chi connectivity index (χ4n) is 1.27. The minimum absolute atomic E-state index is 0.474. The Morgan fingerprint density at radius 3 is 3.00 bits per heavy atom. The Morgan fingerprint density at radius 2 is 2.35 bits per heavy atom. The Kier molecular flexibility index (Phi) is 4.20. The Balaban J connectivity index is 2.07. The van der Waals surface area contributed by atoms with Crippen molar-refractivity contribution in [2.45, 2.75) is 6.54 Å². The standard InChI is InChI=1S/C11H7ClIN3S/c12-9-2-1-8(3-7(9)4-14)15-6-11-16-5-10(13)17-11/h1-3,5,15H,6H2. The second-order valence-corrected chi connectivity index (χ2v) is 6.63. The summed E-state index contributed by atoms with van der Waals surface area (Å²) < 4.78 is 1.16. The molecule has 6 heteroatoms. The van der Waals surface area contributed by atoms with Crippen LogP contribution in [0.1, 0.15) is 10.6 Å². The Labute approximate surface area is 122 Å². The lowest BCUT2D eigenvalue weighted by Gasteiger charge is -2.05. The molecule has 2 aromatic rings. The van der Waals surface area contributed by atoms with Gasteiger partial charge in [0.05, 0.1) is 26.2 Å². The summed E-state index contributed by atoms with van der Waals surface area (Å²) in [5.41, 5.74) is 1.35. The van der Waals surface area contributed by atoms with Gasteiger partial charge < -0.3 is 5.32 Å². The van der Waals surface area contributed by atoms with Gasteiger partial charge in [0, 0.05) is 5.69 Å². The number of hydrogen-bond acceptors (Lipinski definition) is 4. The second-order valence-electron chi connectivity index (χ2n) is 3.22. The highest BCUT2D eigenvalue weighted by Gasteiger charge is 2.02. The number of nitriles is 1. The zero-order valence-corrected chi connectivity index (χ0v) is 12.3. The first kappa shape index (κ1) is 12.6. The Morgan fingerprint density at radius 1 is 1.53 bits per heavy atom. The largest absolute Gasteiger partial charge is 0.378 e. The van der Waals surface area contributed by atoms with E-state index in [1.165, 1.54) is 0 Å². The molecular weight excluding hydrogens is 369 g/mol. The summed E-state index contributed by atoms with van der Waals surface area (Å²) in [6.45, 7) is 0.653. The van der Waals surface area contributed by atoms with Gasteiger partial charge in [0.25, 0.3) is 0 Å². The zero-order valence-electron chi connectivity index (χ0n) is 8.58. The van der Waals surface area contributed by atoms with Crippen molar-refractivity contribution in [1.82, 2.24) is 4.98 Å². The normalized spacial score (nSPS) is 9.94.